The van der Waals surface area contributed by atoms with Gasteiger partial charge in [0.2, 0.25) is 0 Å². The van der Waals surface area contributed by atoms with Crippen molar-refractivity contribution in [1.82, 2.24) is 9.97 Å². The lowest BCUT2D eigenvalue weighted by atomic mass is 10.2. The van der Waals surface area contributed by atoms with Crippen molar-refractivity contribution in [2.24, 2.45) is 5.92 Å². The van der Waals surface area contributed by atoms with E-state index in [0.717, 1.165) is 35.3 Å². The molecule has 1 aromatic rings. The first-order valence-corrected chi connectivity index (χ1v) is 7.43. The molecule has 1 aromatic heterocycles. The molecule has 102 valence electrons. The fourth-order valence-corrected chi connectivity index (χ4v) is 2.62. The zero-order valence-electron chi connectivity index (χ0n) is 11.7. The zero-order valence-corrected chi connectivity index (χ0v) is 12.5. The van der Waals surface area contributed by atoms with Gasteiger partial charge >= 0.3 is 0 Å². The molecule has 0 fully saturated rings. The number of rotatable bonds is 8. The van der Waals surface area contributed by atoms with Crippen LogP contribution in [-0.2, 0) is 0 Å². The summed E-state index contributed by atoms with van der Waals surface area (Å²) < 4.78 is 5.42. The van der Waals surface area contributed by atoms with Gasteiger partial charge in [-0.3, -0.25) is 0 Å². The molecular weight excluding hydrogens is 246 g/mol. The van der Waals surface area contributed by atoms with Crippen LogP contribution in [0, 0.1) is 5.92 Å². The van der Waals surface area contributed by atoms with Gasteiger partial charge in [-0.2, -0.15) is 0 Å². The Morgan fingerprint density at radius 1 is 1.39 bits per heavy atom. The number of aromatic nitrogens is 2. The van der Waals surface area contributed by atoms with Crippen LogP contribution >= 0.6 is 11.8 Å². The molecule has 0 spiro atoms. The molecule has 0 amide bonds. The third kappa shape index (κ3) is 4.72. The average Bonchev–Trinajstić information content (AvgIpc) is 2.36. The lowest BCUT2D eigenvalue weighted by Crippen LogP contribution is -2.05. The topological polar surface area (TPSA) is 47.0 Å². The maximum absolute atomic E-state index is 5.42. The molecule has 0 radical (unpaired) electrons. The van der Waals surface area contributed by atoms with E-state index >= 15 is 0 Å². The first-order chi connectivity index (χ1) is 8.69. The molecule has 0 aliphatic rings. The third-order valence-corrected chi connectivity index (χ3v) is 3.46. The van der Waals surface area contributed by atoms with E-state index in [-0.39, 0.29) is 0 Å². The maximum atomic E-state index is 5.42. The molecule has 18 heavy (non-hydrogen) atoms. The quantitative estimate of drug-likeness (QED) is 0.578. The van der Waals surface area contributed by atoms with Gasteiger partial charge in [-0.1, -0.05) is 20.8 Å². The number of ether oxygens (including phenoxy) is 1. The highest BCUT2D eigenvalue weighted by Crippen LogP contribution is 2.32. The minimum absolute atomic E-state index is 0.711. The maximum Gasteiger partial charge on any atom is 0.193 e. The first kappa shape index (κ1) is 15.1. The number of methoxy groups -OCH3 is 1. The lowest BCUT2D eigenvalue weighted by Gasteiger charge is -2.12. The van der Waals surface area contributed by atoms with Crippen molar-refractivity contribution < 1.29 is 4.74 Å². The molecule has 0 saturated heterocycles. The number of anilines is 1. The number of thioether (sulfide) groups is 1. The van der Waals surface area contributed by atoms with Crippen LogP contribution in [0.15, 0.2) is 11.4 Å². The molecule has 0 aromatic carbocycles. The normalized spacial score (nSPS) is 10.7. The Hall–Kier alpha value is -0.970. The largest absolute Gasteiger partial charge is 0.490 e. The summed E-state index contributed by atoms with van der Waals surface area (Å²) in [5, 5.41) is 4.19. The highest BCUT2D eigenvalue weighted by atomic mass is 32.2. The van der Waals surface area contributed by atoms with E-state index in [1.807, 2.05) is 0 Å². The van der Waals surface area contributed by atoms with Crippen LogP contribution in [-0.4, -0.2) is 29.4 Å². The fraction of sp³-hybridized carbons (Fsp3) is 0.692. The second-order valence-corrected chi connectivity index (χ2v) is 5.60. The highest BCUT2D eigenvalue weighted by Gasteiger charge is 2.12. The number of hydrogen-bond donors (Lipinski definition) is 1. The number of nitrogens with one attached hydrogen (secondary N) is 1. The summed E-state index contributed by atoms with van der Waals surface area (Å²) in [5.74, 6) is 3.32. The van der Waals surface area contributed by atoms with E-state index in [9.17, 15) is 0 Å². The van der Waals surface area contributed by atoms with Crippen LogP contribution in [0.1, 0.15) is 33.6 Å². The van der Waals surface area contributed by atoms with Gasteiger partial charge in [-0.25, -0.2) is 9.97 Å². The van der Waals surface area contributed by atoms with Gasteiger partial charge < -0.3 is 10.1 Å². The molecule has 0 aliphatic carbocycles. The molecule has 0 saturated carbocycles. The molecule has 0 bridgehead atoms. The lowest BCUT2D eigenvalue weighted by molar-refractivity contribution is 0.400. The minimum atomic E-state index is 0.711. The van der Waals surface area contributed by atoms with Crippen molar-refractivity contribution in [3.05, 3.63) is 6.33 Å². The van der Waals surface area contributed by atoms with Gasteiger partial charge in [-0.05, 0) is 24.5 Å². The monoisotopic (exact) mass is 269 g/mol. The van der Waals surface area contributed by atoms with E-state index in [2.05, 4.69) is 36.1 Å². The van der Waals surface area contributed by atoms with E-state index in [0.29, 0.717) is 5.92 Å². The van der Waals surface area contributed by atoms with E-state index in [1.54, 1.807) is 25.2 Å². The Morgan fingerprint density at radius 2 is 2.17 bits per heavy atom. The van der Waals surface area contributed by atoms with Crippen LogP contribution in [0.4, 0.5) is 5.82 Å². The molecule has 4 nitrogen and oxygen atoms in total. The van der Waals surface area contributed by atoms with Crippen LogP contribution < -0.4 is 10.1 Å². The smallest absolute Gasteiger partial charge is 0.193 e. The summed E-state index contributed by atoms with van der Waals surface area (Å²) in [7, 11) is 1.67. The van der Waals surface area contributed by atoms with Gasteiger partial charge in [-0.15, -0.1) is 11.8 Å². The number of hydrogen-bond acceptors (Lipinski definition) is 5. The van der Waals surface area contributed by atoms with Crippen molar-refractivity contribution in [3.8, 4) is 5.75 Å². The molecule has 1 rings (SSSR count). The highest BCUT2D eigenvalue weighted by molar-refractivity contribution is 7.99. The Labute approximate surface area is 114 Å². The summed E-state index contributed by atoms with van der Waals surface area (Å²) in [5.41, 5.74) is 0. The Balaban J connectivity index is 2.71. The Kier molecular flexibility index (Phi) is 6.86. The van der Waals surface area contributed by atoms with Crippen LogP contribution in [0.2, 0.25) is 0 Å². The Morgan fingerprint density at radius 3 is 2.78 bits per heavy atom. The van der Waals surface area contributed by atoms with Crippen molar-refractivity contribution in [1.29, 1.82) is 0 Å². The fourth-order valence-electron chi connectivity index (χ4n) is 1.41. The molecule has 0 aliphatic heterocycles. The second kappa shape index (κ2) is 8.19. The standard InChI is InChI=1S/C13H23N3OS/c1-5-7-14-12-11(17-4)13(16-9-15-12)18-8-6-10(2)3/h9-10H,5-8H2,1-4H3,(H,14,15,16). The summed E-state index contributed by atoms with van der Waals surface area (Å²) in [6.07, 6.45) is 3.83. The van der Waals surface area contributed by atoms with Crippen molar-refractivity contribution >= 4 is 17.6 Å². The van der Waals surface area contributed by atoms with Crippen molar-refractivity contribution in [3.63, 3.8) is 0 Å². The second-order valence-electron chi connectivity index (χ2n) is 4.52. The van der Waals surface area contributed by atoms with Gasteiger partial charge in [0, 0.05) is 6.54 Å². The molecule has 1 heterocycles. The average molecular weight is 269 g/mol. The summed E-state index contributed by atoms with van der Waals surface area (Å²) in [6, 6.07) is 0. The van der Waals surface area contributed by atoms with Crippen LogP contribution in [0.25, 0.3) is 0 Å². The molecule has 5 heteroatoms. The van der Waals surface area contributed by atoms with Crippen LogP contribution in [0.5, 0.6) is 5.75 Å². The predicted molar refractivity (Wildman–Crippen MR) is 77.5 cm³/mol. The SMILES string of the molecule is CCCNc1ncnc(SCCC(C)C)c1OC. The molecule has 0 unspecified atom stereocenters. The van der Waals surface area contributed by atoms with Crippen molar-refractivity contribution in [2.75, 3.05) is 24.7 Å². The summed E-state index contributed by atoms with van der Waals surface area (Å²) >= 11 is 1.73. The van der Waals surface area contributed by atoms with Gasteiger partial charge in [0.05, 0.1) is 7.11 Å². The predicted octanol–water partition coefficient (Wildman–Crippen LogP) is 3.45. The molecule has 1 N–H and O–H groups in total. The zero-order chi connectivity index (χ0) is 13.4. The molecular formula is C13H23N3OS. The minimum Gasteiger partial charge on any atom is -0.490 e. The van der Waals surface area contributed by atoms with Gasteiger partial charge in [0.15, 0.2) is 11.6 Å². The third-order valence-electron chi connectivity index (χ3n) is 2.45. The van der Waals surface area contributed by atoms with E-state index in [1.165, 1.54) is 6.42 Å². The summed E-state index contributed by atoms with van der Waals surface area (Å²) in [4.78, 5) is 8.53. The van der Waals surface area contributed by atoms with E-state index in [4.69, 9.17) is 4.74 Å². The van der Waals surface area contributed by atoms with Gasteiger partial charge in [0.1, 0.15) is 11.4 Å². The van der Waals surface area contributed by atoms with Crippen LogP contribution in [0.3, 0.4) is 0 Å². The first-order valence-electron chi connectivity index (χ1n) is 6.44. The van der Waals surface area contributed by atoms with E-state index < -0.39 is 0 Å². The molecule has 0 atom stereocenters. The van der Waals surface area contributed by atoms with Crippen molar-refractivity contribution in [2.45, 2.75) is 38.6 Å². The Bertz CT molecular complexity index is 358. The summed E-state index contributed by atoms with van der Waals surface area (Å²) in [6.45, 7) is 7.47. The number of nitrogens with zero attached hydrogens (tertiary/aromatic N) is 2. The van der Waals surface area contributed by atoms with Gasteiger partial charge in [0.25, 0.3) is 0 Å².